The molecular formula is C13H16F3N3O2. The average Bonchev–Trinajstić information content (AvgIpc) is 3.22. The molecule has 0 spiro atoms. The van der Waals surface area contributed by atoms with Crippen LogP contribution >= 0.6 is 0 Å². The molecule has 1 aromatic carbocycles. The van der Waals surface area contributed by atoms with Gasteiger partial charge in [0.2, 0.25) is 0 Å². The average molecular weight is 303 g/mol. The summed E-state index contributed by atoms with van der Waals surface area (Å²) in [5.41, 5.74) is 4.01. The van der Waals surface area contributed by atoms with E-state index in [2.05, 4.69) is 0 Å². The van der Waals surface area contributed by atoms with Crippen LogP contribution in [-0.4, -0.2) is 24.6 Å². The third kappa shape index (κ3) is 3.26. The van der Waals surface area contributed by atoms with Crippen molar-refractivity contribution in [3.05, 3.63) is 33.9 Å². The molecule has 1 fully saturated rings. The second-order valence-electron chi connectivity index (χ2n) is 5.21. The molecule has 2 N–H and O–H groups in total. The van der Waals surface area contributed by atoms with Crippen LogP contribution in [0.1, 0.15) is 18.4 Å². The van der Waals surface area contributed by atoms with Crippen molar-refractivity contribution in [1.29, 1.82) is 0 Å². The van der Waals surface area contributed by atoms with Gasteiger partial charge in [0, 0.05) is 37.5 Å². The zero-order valence-electron chi connectivity index (χ0n) is 11.4. The zero-order chi connectivity index (χ0) is 15.8. The molecule has 1 saturated carbocycles. The van der Waals surface area contributed by atoms with E-state index in [1.54, 1.807) is 7.05 Å². The van der Waals surface area contributed by atoms with E-state index in [1.807, 2.05) is 0 Å². The van der Waals surface area contributed by atoms with E-state index in [0.29, 0.717) is 6.07 Å². The molecule has 1 unspecified atom stereocenters. The predicted molar refractivity (Wildman–Crippen MR) is 72.1 cm³/mol. The summed E-state index contributed by atoms with van der Waals surface area (Å²) in [5, 5.41) is 10.7. The largest absolute Gasteiger partial charge is 0.418 e. The number of nitrogens with two attached hydrogens (primary N) is 1. The number of nitrogens with zero attached hydrogens (tertiary/aromatic N) is 2. The van der Waals surface area contributed by atoms with E-state index >= 15 is 0 Å². The van der Waals surface area contributed by atoms with Crippen LogP contribution in [0.5, 0.6) is 0 Å². The molecule has 0 aromatic heterocycles. The number of nitro benzene ring substituents is 1. The van der Waals surface area contributed by atoms with Crippen molar-refractivity contribution in [1.82, 2.24) is 0 Å². The number of non-ortho nitro benzene ring substituents is 1. The van der Waals surface area contributed by atoms with Crippen molar-refractivity contribution in [3.8, 4) is 0 Å². The van der Waals surface area contributed by atoms with Crippen LogP contribution in [0.15, 0.2) is 18.2 Å². The van der Waals surface area contributed by atoms with Crippen molar-refractivity contribution >= 4 is 11.4 Å². The van der Waals surface area contributed by atoms with E-state index in [1.165, 1.54) is 4.90 Å². The fraction of sp³-hybridized carbons (Fsp3) is 0.538. The number of hydrogen-bond donors (Lipinski definition) is 1. The number of alkyl halides is 3. The minimum absolute atomic E-state index is 0.0737. The summed E-state index contributed by atoms with van der Waals surface area (Å²) in [6, 6.07) is 2.62. The van der Waals surface area contributed by atoms with Gasteiger partial charge in [-0.15, -0.1) is 0 Å². The molecule has 1 aromatic rings. The molecule has 0 aliphatic heterocycles. The molecule has 5 nitrogen and oxygen atoms in total. The minimum Gasteiger partial charge on any atom is -0.370 e. The number of hydrogen-bond acceptors (Lipinski definition) is 4. The van der Waals surface area contributed by atoms with Crippen LogP contribution in [0.3, 0.4) is 0 Å². The number of halogens is 3. The Labute approximate surface area is 119 Å². The fourth-order valence-corrected chi connectivity index (χ4v) is 2.50. The van der Waals surface area contributed by atoms with E-state index in [9.17, 15) is 23.3 Å². The summed E-state index contributed by atoms with van der Waals surface area (Å²) in [5.74, 6) is 0.288. The highest BCUT2D eigenvalue weighted by molar-refractivity contribution is 5.59. The molecule has 1 aliphatic carbocycles. The normalized spacial score (nSPS) is 16.6. The van der Waals surface area contributed by atoms with Gasteiger partial charge in [-0.25, -0.2) is 0 Å². The molecule has 8 heteroatoms. The van der Waals surface area contributed by atoms with Crippen LogP contribution in [0, 0.1) is 16.0 Å². The molecule has 1 atom stereocenters. The summed E-state index contributed by atoms with van der Waals surface area (Å²) in [7, 11) is 1.55. The number of nitro groups is 1. The Morgan fingerprint density at radius 2 is 2.10 bits per heavy atom. The molecule has 0 saturated heterocycles. The Morgan fingerprint density at radius 1 is 1.48 bits per heavy atom. The van der Waals surface area contributed by atoms with E-state index in [4.69, 9.17) is 5.73 Å². The van der Waals surface area contributed by atoms with Gasteiger partial charge in [0.1, 0.15) is 0 Å². The van der Waals surface area contributed by atoms with Gasteiger partial charge >= 0.3 is 6.18 Å². The number of rotatable bonds is 5. The highest BCUT2D eigenvalue weighted by atomic mass is 19.4. The first-order valence-electron chi connectivity index (χ1n) is 6.54. The SMILES string of the molecule is CN(c1ccc([N+](=O)[O-])cc1C(F)(F)F)C(CN)C1CC1. The number of anilines is 1. The lowest BCUT2D eigenvalue weighted by atomic mass is 10.1. The smallest absolute Gasteiger partial charge is 0.370 e. The van der Waals surface area contributed by atoms with Crippen LogP contribution in [-0.2, 0) is 6.18 Å². The van der Waals surface area contributed by atoms with Crippen molar-refractivity contribution in [2.75, 3.05) is 18.5 Å². The van der Waals surface area contributed by atoms with E-state index < -0.39 is 22.4 Å². The molecular weight excluding hydrogens is 287 g/mol. The Kier molecular flexibility index (Phi) is 4.08. The van der Waals surface area contributed by atoms with Crippen LogP contribution < -0.4 is 10.6 Å². The lowest BCUT2D eigenvalue weighted by Crippen LogP contribution is -2.40. The Hall–Kier alpha value is -1.83. The van der Waals surface area contributed by atoms with Gasteiger partial charge in [-0.2, -0.15) is 13.2 Å². The lowest BCUT2D eigenvalue weighted by molar-refractivity contribution is -0.385. The predicted octanol–water partition coefficient (Wildman–Crippen LogP) is 2.79. The van der Waals surface area contributed by atoms with Crippen LogP contribution in [0.2, 0.25) is 0 Å². The monoisotopic (exact) mass is 303 g/mol. The fourth-order valence-electron chi connectivity index (χ4n) is 2.50. The summed E-state index contributed by atoms with van der Waals surface area (Å²) in [6.07, 6.45) is -2.76. The minimum atomic E-state index is -4.65. The second-order valence-corrected chi connectivity index (χ2v) is 5.21. The first kappa shape index (κ1) is 15.6. The Bertz CT molecular complexity index is 544. The van der Waals surface area contributed by atoms with Gasteiger partial charge < -0.3 is 10.6 Å². The molecule has 0 heterocycles. The number of benzene rings is 1. The first-order chi connectivity index (χ1) is 9.75. The third-order valence-electron chi connectivity index (χ3n) is 3.78. The number of likely N-dealkylation sites (N-methyl/N-ethyl adjacent to an activating group) is 1. The van der Waals surface area contributed by atoms with Gasteiger partial charge in [-0.05, 0) is 24.8 Å². The van der Waals surface area contributed by atoms with Crippen molar-refractivity contribution in [2.45, 2.75) is 25.1 Å². The Balaban J connectivity index is 2.44. The first-order valence-corrected chi connectivity index (χ1v) is 6.54. The van der Waals surface area contributed by atoms with Crippen LogP contribution in [0.25, 0.3) is 0 Å². The molecule has 0 bridgehead atoms. The third-order valence-corrected chi connectivity index (χ3v) is 3.78. The topological polar surface area (TPSA) is 72.4 Å². The Morgan fingerprint density at radius 3 is 2.52 bits per heavy atom. The second kappa shape index (κ2) is 5.51. The van der Waals surface area contributed by atoms with Crippen LogP contribution in [0.4, 0.5) is 24.5 Å². The highest BCUT2D eigenvalue weighted by Crippen LogP contribution is 2.42. The quantitative estimate of drug-likeness (QED) is 0.670. The molecule has 0 radical (unpaired) electrons. The highest BCUT2D eigenvalue weighted by Gasteiger charge is 2.39. The van der Waals surface area contributed by atoms with Gasteiger partial charge in [-0.3, -0.25) is 10.1 Å². The van der Waals surface area contributed by atoms with E-state index in [-0.39, 0.29) is 24.2 Å². The van der Waals surface area contributed by atoms with Gasteiger partial charge in [0.15, 0.2) is 0 Å². The zero-order valence-corrected chi connectivity index (χ0v) is 11.4. The van der Waals surface area contributed by atoms with Crippen molar-refractivity contribution in [2.24, 2.45) is 11.7 Å². The standard InChI is InChI=1S/C13H16F3N3O2/c1-18(12(7-17)8-2-3-8)11-5-4-9(19(20)21)6-10(11)13(14,15)16/h4-6,8,12H,2-3,7,17H2,1H3. The summed E-state index contributed by atoms with van der Waals surface area (Å²) >= 11 is 0. The summed E-state index contributed by atoms with van der Waals surface area (Å²) < 4.78 is 39.5. The molecule has 2 rings (SSSR count). The summed E-state index contributed by atoms with van der Waals surface area (Å²) in [6.45, 7) is 0.245. The van der Waals surface area contributed by atoms with E-state index in [0.717, 1.165) is 25.0 Å². The van der Waals surface area contributed by atoms with Gasteiger partial charge in [0.05, 0.1) is 10.5 Å². The van der Waals surface area contributed by atoms with Gasteiger partial charge in [0.25, 0.3) is 5.69 Å². The molecule has 116 valence electrons. The maximum absolute atomic E-state index is 13.2. The molecule has 0 amide bonds. The maximum atomic E-state index is 13.2. The maximum Gasteiger partial charge on any atom is 0.418 e. The molecule has 21 heavy (non-hydrogen) atoms. The van der Waals surface area contributed by atoms with Gasteiger partial charge in [-0.1, -0.05) is 0 Å². The van der Waals surface area contributed by atoms with Crippen molar-refractivity contribution in [3.63, 3.8) is 0 Å². The lowest BCUT2D eigenvalue weighted by Gasteiger charge is -2.31. The van der Waals surface area contributed by atoms with Crippen molar-refractivity contribution < 1.29 is 18.1 Å². The summed E-state index contributed by atoms with van der Waals surface area (Å²) in [4.78, 5) is 11.3. The molecule has 1 aliphatic rings.